The minimum absolute atomic E-state index is 0.167. The molecule has 146 valence electrons. The highest BCUT2D eigenvalue weighted by molar-refractivity contribution is 5.78. The van der Waals surface area contributed by atoms with Crippen molar-refractivity contribution in [2.75, 3.05) is 13.1 Å². The van der Waals surface area contributed by atoms with Crippen LogP contribution in [0.3, 0.4) is 0 Å². The van der Waals surface area contributed by atoms with Crippen LogP contribution >= 0.6 is 0 Å². The lowest BCUT2D eigenvalue weighted by molar-refractivity contribution is -0.131. The predicted molar refractivity (Wildman–Crippen MR) is 104 cm³/mol. The molecule has 0 bridgehead atoms. The van der Waals surface area contributed by atoms with Crippen LogP contribution in [0.1, 0.15) is 41.8 Å². The summed E-state index contributed by atoms with van der Waals surface area (Å²) in [4.78, 5) is 22.8. The lowest BCUT2D eigenvalue weighted by atomic mass is 9.95. The summed E-state index contributed by atoms with van der Waals surface area (Å²) >= 11 is 0. The summed E-state index contributed by atoms with van der Waals surface area (Å²) in [6.45, 7) is 4.16. The number of hydrogen-bond donors (Lipinski definition) is 0. The molecular formula is C20H25N7O. The van der Waals surface area contributed by atoms with Crippen molar-refractivity contribution in [1.29, 1.82) is 0 Å². The quantitative estimate of drug-likeness (QED) is 0.674. The summed E-state index contributed by atoms with van der Waals surface area (Å²) in [6.07, 6.45) is 9.47. The number of likely N-dealkylation sites (tertiary alicyclic amines) is 1. The van der Waals surface area contributed by atoms with Gasteiger partial charge < -0.3 is 14.0 Å². The van der Waals surface area contributed by atoms with Crippen molar-refractivity contribution in [2.24, 2.45) is 7.05 Å². The molecule has 28 heavy (non-hydrogen) atoms. The van der Waals surface area contributed by atoms with Crippen LogP contribution in [0, 0.1) is 6.92 Å². The normalized spacial score (nSPS) is 15.1. The number of rotatable bonds is 5. The van der Waals surface area contributed by atoms with E-state index in [9.17, 15) is 4.79 Å². The maximum atomic E-state index is 12.5. The average molecular weight is 379 g/mol. The Morgan fingerprint density at radius 1 is 1.21 bits per heavy atom. The van der Waals surface area contributed by atoms with Crippen LogP contribution in [-0.4, -0.2) is 53.2 Å². The number of aromatic nitrogens is 6. The van der Waals surface area contributed by atoms with Crippen LogP contribution in [0.5, 0.6) is 0 Å². The molecule has 3 aromatic rings. The zero-order valence-corrected chi connectivity index (χ0v) is 16.3. The van der Waals surface area contributed by atoms with Crippen LogP contribution in [0.2, 0.25) is 0 Å². The standard InChI is InChI=1S/C20H25N7O/c1-15-22-8-11-27(15)14-18-23-24-20(25(18)2)17-5-9-26(10-6-17)19(28)12-16-4-3-7-21-13-16/h3-4,7-8,11,13,17H,5-6,9-10,12,14H2,1-2H3. The van der Waals surface area contributed by atoms with E-state index < -0.39 is 0 Å². The summed E-state index contributed by atoms with van der Waals surface area (Å²) in [5.41, 5.74) is 0.961. The minimum atomic E-state index is 0.167. The molecule has 0 aromatic carbocycles. The maximum Gasteiger partial charge on any atom is 0.227 e. The summed E-state index contributed by atoms with van der Waals surface area (Å²) in [5.74, 6) is 3.39. The highest BCUT2D eigenvalue weighted by Crippen LogP contribution is 2.27. The fourth-order valence-corrected chi connectivity index (χ4v) is 3.77. The van der Waals surface area contributed by atoms with E-state index in [2.05, 4.69) is 29.3 Å². The van der Waals surface area contributed by atoms with Crippen molar-refractivity contribution in [1.82, 2.24) is 34.2 Å². The van der Waals surface area contributed by atoms with Gasteiger partial charge in [-0.05, 0) is 31.4 Å². The fraction of sp³-hybridized carbons (Fsp3) is 0.450. The number of imidazole rings is 1. The molecule has 0 atom stereocenters. The number of carbonyl (C=O) groups is 1. The van der Waals surface area contributed by atoms with E-state index in [1.807, 2.05) is 37.2 Å². The van der Waals surface area contributed by atoms with E-state index in [1.54, 1.807) is 18.6 Å². The van der Waals surface area contributed by atoms with Crippen molar-refractivity contribution < 1.29 is 4.79 Å². The monoisotopic (exact) mass is 379 g/mol. The molecule has 0 N–H and O–H groups in total. The third-order valence-corrected chi connectivity index (χ3v) is 5.53. The van der Waals surface area contributed by atoms with Crippen molar-refractivity contribution >= 4 is 5.91 Å². The Balaban J connectivity index is 1.36. The van der Waals surface area contributed by atoms with Crippen molar-refractivity contribution in [3.63, 3.8) is 0 Å². The Kier molecular flexibility index (Phi) is 5.18. The highest BCUT2D eigenvalue weighted by Gasteiger charge is 2.27. The molecular weight excluding hydrogens is 354 g/mol. The van der Waals surface area contributed by atoms with Gasteiger partial charge in [0.2, 0.25) is 5.91 Å². The van der Waals surface area contributed by atoms with E-state index in [4.69, 9.17) is 0 Å². The largest absolute Gasteiger partial charge is 0.342 e. The molecule has 8 heteroatoms. The second-order valence-electron chi connectivity index (χ2n) is 7.33. The van der Waals surface area contributed by atoms with E-state index in [0.29, 0.717) is 18.9 Å². The third kappa shape index (κ3) is 3.81. The average Bonchev–Trinajstić information content (AvgIpc) is 3.29. The van der Waals surface area contributed by atoms with Crippen LogP contribution < -0.4 is 0 Å². The van der Waals surface area contributed by atoms with Gasteiger partial charge in [0.25, 0.3) is 0 Å². The van der Waals surface area contributed by atoms with Gasteiger partial charge in [0.05, 0.1) is 13.0 Å². The van der Waals surface area contributed by atoms with Gasteiger partial charge in [0, 0.05) is 50.8 Å². The van der Waals surface area contributed by atoms with Gasteiger partial charge in [-0.1, -0.05) is 6.07 Å². The van der Waals surface area contributed by atoms with Gasteiger partial charge in [-0.25, -0.2) is 4.98 Å². The molecule has 8 nitrogen and oxygen atoms in total. The van der Waals surface area contributed by atoms with Crippen LogP contribution in [0.4, 0.5) is 0 Å². The first kappa shape index (κ1) is 18.3. The number of aryl methyl sites for hydroxylation is 1. The summed E-state index contributed by atoms with van der Waals surface area (Å²) in [5, 5.41) is 8.85. The first-order valence-electron chi connectivity index (χ1n) is 9.64. The third-order valence-electron chi connectivity index (χ3n) is 5.53. The Bertz CT molecular complexity index is 939. The maximum absolute atomic E-state index is 12.5. The van der Waals surface area contributed by atoms with Gasteiger partial charge >= 0.3 is 0 Å². The molecule has 3 aromatic heterocycles. The Morgan fingerprint density at radius 3 is 2.71 bits per heavy atom. The zero-order chi connectivity index (χ0) is 19.5. The molecule has 4 rings (SSSR count). The number of amides is 1. The lowest BCUT2D eigenvalue weighted by Gasteiger charge is -2.31. The molecule has 1 aliphatic heterocycles. The molecule has 0 radical (unpaired) electrons. The Morgan fingerprint density at radius 2 is 2.04 bits per heavy atom. The zero-order valence-electron chi connectivity index (χ0n) is 16.3. The minimum Gasteiger partial charge on any atom is -0.342 e. The van der Waals surface area contributed by atoms with E-state index in [1.165, 1.54) is 0 Å². The predicted octanol–water partition coefficient (Wildman–Crippen LogP) is 1.71. The number of nitrogens with zero attached hydrogens (tertiary/aromatic N) is 7. The molecule has 1 saturated heterocycles. The molecule has 4 heterocycles. The summed E-state index contributed by atoms with van der Waals surface area (Å²) in [7, 11) is 2.02. The van der Waals surface area contributed by atoms with Gasteiger partial charge in [-0.3, -0.25) is 9.78 Å². The van der Waals surface area contributed by atoms with Crippen molar-refractivity contribution in [3.05, 3.63) is 60.0 Å². The van der Waals surface area contributed by atoms with Crippen molar-refractivity contribution in [3.8, 4) is 0 Å². The van der Waals surface area contributed by atoms with Gasteiger partial charge in [-0.2, -0.15) is 0 Å². The van der Waals surface area contributed by atoms with Gasteiger partial charge in [-0.15, -0.1) is 10.2 Å². The van der Waals surface area contributed by atoms with Gasteiger partial charge in [0.15, 0.2) is 5.82 Å². The smallest absolute Gasteiger partial charge is 0.227 e. The molecule has 0 saturated carbocycles. The van der Waals surface area contributed by atoms with Crippen LogP contribution in [-0.2, 0) is 24.8 Å². The molecule has 0 spiro atoms. The van der Waals surface area contributed by atoms with Crippen LogP contribution in [0.15, 0.2) is 36.9 Å². The molecule has 0 aliphatic carbocycles. The first-order chi connectivity index (χ1) is 13.6. The Labute approximate surface area is 164 Å². The molecule has 1 aliphatic rings. The topological polar surface area (TPSA) is 81.7 Å². The molecule has 0 unspecified atom stereocenters. The van der Waals surface area contributed by atoms with Crippen LogP contribution in [0.25, 0.3) is 0 Å². The number of pyridine rings is 1. The SMILES string of the molecule is Cc1nccn1Cc1nnc(C2CCN(C(=O)Cc3cccnc3)CC2)n1C. The fourth-order valence-electron chi connectivity index (χ4n) is 3.77. The number of piperidine rings is 1. The molecule has 1 amide bonds. The lowest BCUT2D eigenvalue weighted by Crippen LogP contribution is -2.39. The summed E-state index contributed by atoms with van der Waals surface area (Å²) in [6, 6.07) is 3.81. The van der Waals surface area contributed by atoms with E-state index >= 15 is 0 Å². The Hall–Kier alpha value is -3.03. The number of hydrogen-bond acceptors (Lipinski definition) is 5. The second-order valence-corrected chi connectivity index (χ2v) is 7.33. The van der Waals surface area contributed by atoms with E-state index in [0.717, 1.165) is 49.0 Å². The second kappa shape index (κ2) is 7.92. The summed E-state index contributed by atoms with van der Waals surface area (Å²) < 4.78 is 4.16. The molecule has 1 fully saturated rings. The first-order valence-corrected chi connectivity index (χ1v) is 9.64. The highest BCUT2D eigenvalue weighted by atomic mass is 16.2. The number of carbonyl (C=O) groups excluding carboxylic acids is 1. The van der Waals surface area contributed by atoms with Gasteiger partial charge in [0.1, 0.15) is 11.6 Å². The van der Waals surface area contributed by atoms with Crippen molar-refractivity contribution in [2.45, 2.75) is 38.6 Å². The van der Waals surface area contributed by atoms with E-state index in [-0.39, 0.29) is 5.91 Å².